The van der Waals surface area contributed by atoms with Crippen molar-refractivity contribution in [2.24, 2.45) is 0 Å². The van der Waals surface area contributed by atoms with E-state index in [1.807, 2.05) is 13.0 Å². The maximum Gasteiger partial charge on any atom is 0.254 e. The summed E-state index contributed by atoms with van der Waals surface area (Å²) in [4.78, 5) is 27.5. The number of amides is 2. The van der Waals surface area contributed by atoms with Crippen LogP contribution in [0, 0.1) is 0 Å². The Balaban J connectivity index is 2.22. The number of carbonyl (C=O) groups is 2. The van der Waals surface area contributed by atoms with E-state index in [2.05, 4.69) is 10.2 Å². The molecule has 1 aromatic heterocycles. The minimum atomic E-state index is -0.136. The van der Waals surface area contributed by atoms with Gasteiger partial charge in [0.05, 0.1) is 11.7 Å². The van der Waals surface area contributed by atoms with Gasteiger partial charge in [-0.15, -0.1) is 0 Å². The van der Waals surface area contributed by atoms with E-state index in [9.17, 15) is 9.59 Å². The molecule has 21 heavy (non-hydrogen) atoms. The summed E-state index contributed by atoms with van der Waals surface area (Å²) in [6.45, 7) is 2.64. The van der Waals surface area contributed by atoms with Crippen LogP contribution in [0.3, 0.4) is 0 Å². The largest absolute Gasteiger partial charge is 0.347 e. The zero-order valence-electron chi connectivity index (χ0n) is 12.6. The number of carbonyl (C=O) groups excluding carboxylic acids is 2. The van der Waals surface area contributed by atoms with E-state index in [-0.39, 0.29) is 18.4 Å². The number of hydrogen-bond donors (Lipinski definition) is 1. The molecule has 0 unspecified atom stereocenters. The van der Waals surface area contributed by atoms with Crippen molar-refractivity contribution in [2.45, 2.75) is 13.3 Å². The molecule has 1 N–H and O–H groups in total. The summed E-state index contributed by atoms with van der Waals surface area (Å²) in [7, 11) is 3.38. The van der Waals surface area contributed by atoms with Gasteiger partial charge in [-0.05, 0) is 18.6 Å². The molecule has 112 valence electrons. The number of rotatable bonds is 5. The van der Waals surface area contributed by atoms with Gasteiger partial charge in [-0.2, -0.15) is 5.10 Å². The van der Waals surface area contributed by atoms with E-state index in [1.54, 1.807) is 37.3 Å². The van der Waals surface area contributed by atoms with Crippen molar-refractivity contribution >= 4 is 22.7 Å². The molecule has 0 aliphatic rings. The van der Waals surface area contributed by atoms with Crippen LogP contribution in [0.5, 0.6) is 0 Å². The van der Waals surface area contributed by atoms with Crippen molar-refractivity contribution in [3.8, 4) is 0 Å². The van der Waals surface area contributed by atoms with Crippen LogP contribution >= 0.6 is 0 Å². The van der Waals surface area contributed by atoms with Crippen LogP contribution in [0.25, 0.3) is 10.9 Å². The molecule has 2 amide bonds. The molecule has 6 nitrogen and oxygen atoms in total. The van der Waals surface area contributed by atoms with Gasteiger partial charge in [0.25, 0.3) is 5.91 Å². The minimum absolute atomic E-state index is 0.0839. The van der Waals surface area contributed by atoms with Crippen LogP contribution in [0.4, 0.5) is 0 Å². The molecule has 0 aliphatic carbocycles. The summed E-state index contributed by atoms with van der Waals surface area (Å²) < 4.78 is 0. The van der Waals surface area contributed by atoms with Crippen LogP contribution in [-0.4, -0.2) is 59.0 Å². The zero-order valence-corrected chi connectivity index (χ0v) is 12.6. The maximum absolute atomic E-state index is 12.6. The second-order valence-electron chi connectivity index (χ2n) is 5.19. The van der Waals surface area contributed by atoms with Crippen LogP contribution in [0.2, 0.25) is 0 Å². The molecular weight excluding hydrogens is 268 g/mol. The fraction of sp³-hybridized carbons (Fsp3) is 0.400. The summed E-state index contributed by atoms with van der Waals surface area (Å²) in [5.41, 5.74) is 1.38. The standard InChI is InChI=1S/C15H20N4O2/c1-4-7-19(10-14(20)18(2)3)15(21)11-5-6-12-9-16-17-13(12)8-11/h5-6,8-9H,4,7,10H2,1-3H3,(H,16,17). The number of fused-ring (bicyclic) bond motifs is 1. The lowest BCUT2D eigenvalue weighted by atomic mass is 10.1. The lowest BCUT2D eigenvalue weighted by Crippen LogP contribution is -2.40. The van der Waals surface area contributed by atoms with Crippen molar-refractivity contribution in [2.75, 3.05) is 27.2 Å². The Bertz CT molecular complexity index is 648. The first kappa shape index (κ1) is 15.0. The number of aromatic nitrogens is 2. The molecular formula is C15H20N4O2. The fourth-order valence-electron chi connectivity index (χ4n) is 2.08. The van der Waals surface area contributed by atoms with Gasteiger partial charge in [0, 0.05) is 31.6 Å². The first-order chi connectivity index (χ1) is 10.0. The molecule has 2 rings (SSSR count). The van der Waals surface area contributed by atoms with Crippen LogP contribution in [0.1, 0.15) is 23.7 Å². The van der Waals surface area contributed by atoms with Gasteiger partial charge in [0.15, 0.2) is 0 Å². The molecule has 1 aromatic carbocycles. The average Bonchev–Trinajstić information content (AvgIpc) is 2.93. The monoisotopic (exact) mass is 288 g/mol. The van der Waals surface area contributed by atoms with Gasteiger partial charge in [-0.3, -0.25) is 14.7 Å². The quantitative estimate of drug-likeness (QED) is 0.906. The van der Waals surface area contributed by atoms with Crippen LogP contribution in [-0.2, 0) is 4.79 Å². The first-order valence-corrected chi connectivity index (χ1v) is 6.95. The van der Waals surface area contributed by atoms with Crippen LogP contribution in [0.15, 0.2) is 24.4 Å². The smallest absolute Gasteiger partial charge is 0.254 e. The predicted octanol–water partition coefficient (Wildman–Crippen LogP) is 1.50. The van der Waals surface area contributed by atoms with E-state index in [0.29, 0.717) is 12.1 Å². The number of nitrogens with one attached hydrogen (secondary N) is 1. The average molecular weight is 288 g/mol. The highest BCUT2D eigenvalue weighted by atomic mass is 16.2. The molecule has 0 saturated heterocycles. The highest BCUT2D eigenvalue weighted by Crippen LogP contribution is 2.14. The Hall–Kier alpha value is -2.37. The first-order valence-electron chi connectivity index (χ1n) is 6.95. The Morgan fingerprint density at radius 3 is 2.71 bits per heavy atom. The number of hydrogen-bond acceptors (Lipinski definition) is 3. The van der Waals surface area contributed by atoms with Gasteiger partial charge < -0.3 is 9.80 Å². The normalized spacial score (nSPS) is 10.6. The Kier molecular flexibility index (Phi) is 4.57. The summed E-state index contributed by atoms with van der Waals surface area (Å²) >= 11 is 0. The molecule has 1 heterocycles. The topological polar surface area (TPSA) is 69.3 Å². The third-order valence-corrected chi connectivity index (χ3v) is 3.29. The molecule has 0 atom stereocenters. The Morgan fingerprint density at radius 1 is 1.29 bits per heavy atom. The van der Waals surface area contributed by atoms with Gasteiger partial charge in [-0.1, -0.05) is 13.0 Å². The van der Waals surface area contributed by atoms with Crippen molar-refractivity contribution < 1.29 is 9.59 Å². The summed E-state index contributed by atoms with van der Waals surface area (Å²) in [6.07, 6.45) is 2.52. The second-order valence-corrected chi connectivity index (χ2v) is 5.19. The van der Waals surface area contributed by atoms with Gasteiger partial charge in [-0.25, -0.2) is 0 Å². The van der Waals surface area contributed by atoms with E-state index in [0.717, 1.165) is 17.3 Å². The lowest BCUT2D eigenvalue weighted by Gasteiger charge is -2.23. The van der Waals surface area contributed by atoms with Gasteiger partial charge in [0.1, 0.15) is 6.54 Å². The third-order valence-electron chi connectivity index (χ3n) is 3.29. The fourth-order valence-corrected chi connectivity index (χ4v) is 2.08. The molecule has 0 bridgehead atoms. The summed E-state index contributed by atoms with van der Waals surface area (Å²) in [5.74, 6) is -0.219. The van der Waals surface area contributed by atoms with E-state index < -0.39 is 0 Å². The molecule has 0 spiro atoms. The molecule has 0 fully saturated rings. The third kappa shape index (κ3) is 3.39. The maximum atomic E-state index is 12.6. The van der Waals surface area contributed by atoms with E-state index >= 15 is 0 Å². The SMILES string of the molecule is CCCN(CC(=O)N(C)C)C(=O)c1ccc2cn[nH]c2c1. The molecule has 0 radical (unpaired) electrons. The van der Waals surface area contributed by atoms with Crippen molar-refractivity contribution in [1.82, 2.24) is 20.0 Å². The van der Waals surface area contributed by atoms with Crippen molar-refractivity contribution in [1.29, 1.82) is 0 Å². The number of benzene rings is 1. The van der Waals surface area contributed by atoms with Gasteiger partial charge in [0.2, 0.25) is 5.91 Å². The lowest BCUT2D eigenvalue weighted by molar-refractivity contribution is -0.129. The molecule has 0 aliphatic heterocycles. The summed E-state index contributed by atoms with van der Waals surface area (Å²) in [5, 5.41) is 7.75. The molecule has 0 saturated carbocycles. The Morgan fingerprint density at radius 2 is 2.05 bits per heavy atom. The molecule has 6 heteroatoms. The highest BCUT2D eigenvalue weighted by molar-refractivity contribution is 5.99. The van der Waals surface area contributed by atoms with Crippen LogP contribution < -0.4 is 0 Å². The highest BCUT2D eigenvalue weighted by Gasteiger charge is 2.19. The second kappa shape index (κ2) is 6.39. The number of likely N-dealkylation sites (N-methyl/N-ethyl adjacent to an activating group) is 1. The van der Waals surface area contributed by atoms with Crippen molar-refractivity contribution in [3.05, 3.63) is 30.0 Å². The number of nitrogens with zero attached hydrogens (tertiary/aromatic N) is 3. The zero-order chi connectivity index (χ0) is 15.4. The van der Waals surface area contributed by atoms with E-state index in [4.69, 9.17) is 0 Å². The molecule has 2 aromatic rings. The minimum Gasteiger partial charge on any atom is -0.347 e. The number of aromatic amines is 1. The number of H-pyrrole nitrogens is 1. The van der Waals surface area contributed by atoms with E-state index in [1.165, 1.54) is 4.90 Å². The Labute approximate surface area is 123 Å². The van der Waals surface area contributed by atoms with Gasteiger partial charge >= 0.3 is 0 Å². The predicted molar refractivity (Wildman–Crippen MR) is 81.0 cm³/mol. The van der Waals surface area contributed by atoms with Crippen molar-refractivity contribution in [3.63, 3.8) is 0 Å². The summed E-state index contributed by atoms with van der Waals surface area (Å²) in [6, 6.07) is 5.39.